The molecule has 0 aliphatic heterocycles. The molecule has 0 atom stereocenters. The van der Waals surface area contributed by atoms with Crippen molar-refractivity contribution in [1.29, 1.82) is 0 Å². The first-order valence-corrected chi connectivity index (χ1v) is 6.79. The number of hydrogen-bond donors (Lipinski definition) is 1. The van der Waals surface area contributed by atoms with Gasteiger partial charge in [-0.15, -0.1) is 0 Å². The highest BCUT2D eigenvalue weighted by Gasteiger charge is 2.16. The molecule has 0 aliphatic rings. The summed E-state index contributed by atoms with van der Waals surface area (Å²) in [5.74, 6) is 1.67. The Kier molecular flexibility index (Phi) is 3.43. The van der Waals surface area contributed by atoms with E-state index in [-0.39, 0.29) is 0 Å². The molecule has 0 unspecified atom stereocenters. The Balaban J connectivity index is 1.98. The number of rotatable bonds is 4. The summed E-state index contributed by atoms with van der Waals surface area (Å²) in [6.07, 6.45) is 1.57. The number of benzene rings is 1. The molecule has 1 N–H and O–H groups in total. The second kappa shape index (κ2) is 5.40. The number of fused-ring (bicyclic) bond motifs is 1. The molecule has 3 rings (SSSR count). The van der Waals surface area contributed by atoms with Gasteiger partial charge >= 0.3 is 0 Å². The molecule has 0 fully saturated rings. The summed E-state index contributed by atoms with van der Waals surface area (Å²) in [6, 6.07) is 10.2. The molecule has 6 nitrogen and oxygen atoms in total. The van der Waals surface area contributed by atoms with Crippen LogP contribution in [0.15, 0.2) is 36.7 Å². The van der Waals surface area contributed by atoms with E-state index in [2.05, 4.69) is 32.5 Å². The minimum Gasteiger partial charge on any atom is -0.365 e. The average molecular weight is 282 g/mol. The van der Waals surface area contributed by atoms with E-state index >= 15 is 0 Å². The summed E-state index contributed by atoms with van der Waals surface area (Å²) in [5, 5.41) is 8.83. The predicted octanol–water partition coefficient (Wildman–Crippen LogP) is 2.04. The molecule has 0 radical (unpaired) electrons. The molecular weight excluding hydrogens is 264 g/mol. The maximum absolute atomic E-state index is 4.51. The van der Waals surface area contributed by atoms with Gasteiger partial charge in [-0.1, -0.05) is 30.3 Å². The van der Waals surface area contributed by atoms with E-state index in [4.69, 9.17) is 0 Å². The molecule has 108 valence electrons. The van der Waals surface area contributed by atoms with Crippen LogP contribution in [0.1, 0.15) is 5.56 Å². The Hall–Kier alpha value is -2.63. The van der Waals surface area contributed by atoms with Gasteiger partial charge < -0.3 is 10.2 Å². The van der Waals surface area contributed by atoms with Crippen LogP contribution in [0.4, 0.5) is 11.6 Å². The Morgan fingerprint density at radius 3 is 2.62 bits per heavy atom. The number of aryl methyl sites for hydroxylation is 1. The quantitative estimate of drug-likeness (QED) is 0.793. The van der Waals surface area contributed by atoms with E-state index in [0.717, 1.165) is 22.7 Å². The van der Waals surface area contributed by atoms with Gasteiger partial charge in [0.05, 0.1) is 0 Å². The highest BCUT2D eigenvalue weighted by atomic mass is 15.4. The Bertz CT molecular complexity index is 747. The summed E-state index contributed by atoms with van der Waals surface area (Å²) < 4.78 is 1.78. The molecule has 1 aromatic carbocycles. The number of nitrogens with one attached hydrogen (secondary N) is 1. The van der Waals surface area contributed by atoms with Crippen LogP contribution in [0.25, 0.3) is 11.0 Å². The van der Waals surface area contributed by atoms with Gasteiger partial charge in [-0.2, -0.15) is 5.10 Å². The van der Waals surface area contributed by atoms with Gasteiger partial charge in [0.25, 0.3) is 0 Å². The molecule has 6 heteroatoms. The van der Waals surface area contributed by atoms with E-state index in [9.17, 15) is 0 Å². The van der Waals surface area contributed by atoms with Gasteiger partial charge in [0, 0.05) is 27.7 Å². The molecular formula is C15H18N6. The van der Waals surface area contributed by atoms with Gasteiger partial charge in [0.1, 0.15) is 17.5 Å². The number of aromatic nitrogens is 4. The maximum Gasteiger partial charge on any atom is 0.165 e. The monoisotopic (exact) mass is 282 g/mol. The average Bonchev–Trinajstić information content (AvgIpc) is 2.84. The lowest BCUT2D eigenvalue weighted by Crippen LogP contribution is -2.11. The summed E-state index contributed by atoms with van der Waals surface area (Å²) in [7, 11) is 5.83. The Morgan fingerprint density at radius 2 is 1.90 bits per heavy atom. The first kappa shape index (κ1) is 13.4. The maximum atomic E-state index is 4.51. The molecule has 0 amide bonds. The number of nitrogens with zero attached hydrogens (tertiary/aromatic N) is 5. The van der Waals surface area contributed by atoms with Crippen molar-refractivity contribution >= 4 is 22.7 Å². The Labute approximate surface area is 123 Å². The summed E-state index contributed by atoms with van der Waals surface area (Å²) >= 11 is 0. The van der Waals surface area contributed by atoms with Gasteiger partial charge in [-0.3, -0.25) is 0 Å². The lowest BCUT2D eigenvalue weighted by molar-refractivity contribution is 0.779. The van der Waals surface area contributed by atoms with E-state index in [0.29, 0.717) is 6.54 Å². The second-order valence-corrected chi connectivity index (χ2v) is 5.10. The van der Waals surface area contributed by atoms with Gasteiger partial charge in [-0.25, -0.2) is 14.6 Å². The third-order valence-electron chi connectivity index (χ3n) is 3.33. The third-order valence-corrected chi connectivity index (χ3v) is 3.33. The highest BCUT2D eigenvalue weighted by molar-refractivity contribution is 5.96. The smallest absolute Gasteiger partial charge is 0.165 e. The van der Waals surface area contributed by atoms with Crippen molar-refractivity contribution in [2.45, 2.75) is 6.54 Å². The van der Waals surface area contributed by atoms with E-state index in [1.807, 2.05) is 44.2 Å². The fraction of sp³-hybridized carbons (Fsp3) is 0.267. The van der Waals surface area contributed by atoms with Crippen LogP contribution in [0, 0.1) is 0 Å². The lowest BCUT2D eigenvalue weighted by atomic mass is 10.2. The zero-order chi connectivity index (χ0) is 14.8. The van der Waals surface area contributed by atoms with Crippen molar-refractivity contribution in [1.82, 2.24) is 19.7 Å². The molecule has 2 heterocycles. The minimum atomic E-state index is 0.717. The summed E-state index contributed by atoms with van der Waals surface area (Å²) in [6.45, 7) is 0.717. The van der Waals surface area contributed by atoms with Gasteiger partial charge in [0.15, 0.2) is 11.5 Å². The summed E-state index contributed by atoms with van der Waals surface area (Å²) in [5.41, 5.74) is 2.03. The minimum absolute atomic E-state index is 0.717. The van der Waals surface area contributed by atoms with Crippen molar-refractivity contribution in [2.75, 3.05) is 24.3 Å². The number of hydrogen-bond acceptors (Lipinski definition) is 5. The van der Waals surface area contributed by atoms with Crippen molar-refractivity contribution < 1.29 is 0 Å². The van der Waals surface area contributed by atoms with Crippen LogP contribution in [0.3, 0.4) is 0 Å². The van der Waals surface area contributed by atoms with Gasteiger partial charge in [-0.05, 0) is 5.56 Å². The SMILES string of the molecule is CN(C)c1nn(C)c2ncnc(NCc3ccccc3)c12. The lowest BCUT2D eigenvalue weighted by Gasteiger charge is -2.11. The van der Waals surface area contributed by atoms with Crippen molar-refractivity contribution in [3.63, 3.8) is 0 Å². The van der Waals surface area contributed by atoms with Crippen molar-refractivity contribution in [3.05, 3.63) is 42.2 Å². The Morgan fingerprint density at radius 1 is 1.14 bits per heavy atom. The number of anilines is 2. The van der Waals surface area contributed by atoms with Crippen molar-refractivity contribution in [3.8, 4) is 0 Å². The third kappa shape index (κ3) is 2.52. The molecule has 21 heavy (non-hydrogen) atoms. The van der Waals surface area contributed by atoms with Crippen LogP contribution < -0.4 is 10.2 Å². The van der Waals surface area contributed by atoms with Crippen molar-refractivity contribution in [2.24, 2.45) is 7.05 Å². The molecule has 0 bridgehead atoms. The van der Waals surface area contributed by atoms with Crippen LogP contribution in [0.5, 0.6) is 0 Å². The van der Waals surface area contributed by atoms with Crippen LogP contribution >= 0.6 is 0 Å². The van der Waals surface area contributed by atoms with E-state index in [1.54, 1.807) is 11.0 Å². The predicted molar refractivity (Wildman–Crippen MR) is 84.4 cm³/mol. The second-order valence-electron chi connectivity index (χ2n) is 5.10. The molecule has 2 aromatic heterocycles. The fourth-order valence-corrected chi connectivity index (χ4v) is 2.30. The zero-order valence-electron chi connectivity index (χ0n) is 12.4. The zero-order valence-corrected chi connectivity index (χ0v) is 12.4. The largest absolute Gasteiger partial charge is 0.365 e. The standard InChI is InChI=1S/C15H18N6/c1-20(2)15-12-13(16-9-11-7-5-4-6-8-11)17-10-18-14(12)21(3)19-15/h4-8,10H,9H2,1-3H3,(H,16,17,18). The first-order chi connectivity index (χ1) is 10.2. The molecule has 0 saturated heterocycles. The van der Waals surface area contributed by atoms with E-state index < -0.39 is 0 Å². The molecule has 3 aromatic rings. The first-order valence-electron chi connectivity index (χ1n) is 6.79. The fourth-order valence-electron chi connectivity index (χ4n) is 2.30. The van der Waals surface area contributed by atoms with Crippen LogP contribution in [-0.2, 0) is 13.6 Å². The van der Waals surface area contributed by atoms with Gasteiger partial charge in [0.2, 0.25) is 0 Å². The topological polar surface area (TPSA) is 58.9 Å². The molecule has 0 spiro atoms. The molecule has 0 saturated carbocycles. The molecule has 0 aliphatic carbocycles. The van der Waals surface area contributed by atoms with Crippen LogP contribution in [0.2, 0.25) is 0 Å². The highest BCUT2D eigenvalue weighted by Crippen LogP contribution is 2.28. The van der Waals surface area contributed by atoms with E-state index in [1.165, 1.54) is 5.56 Å². The summed E-state index contributed by atoms with van der Waals surface area (Å²) in [4.78, 5) is 10.7. The normalized spacial score (nSPS) is 10.8. The van der Waals surface area contributed by atoms with Crippen LogP contribution in [-0.4, -0.2) is 33.8 Å².